The number of fused-ring (bicyclic) bond motifs is 3. The second-order valence-corrected chi connectivity index (χ2v) is 7.47. The highest BCUT2D eigenvalue weighted by atomic mass is 16.5. The van der Waals surface area contributed by atoms with Crippen LogP contribution in [0.5, 0.6) is 5.75 Å². The summed E-state index contributed by atoms with van der Waals surface area (Å²) in [5.41, 5.74) is 5.55. The maximum Gasteiger partial charge on any atom is 0.120 e. The first kappa shape index (κ1) is 16.2. The molecule has 0 saturated carbocycles. The van der Waals surface area contributed by atoms with Crippen LogP contribution in [-0.4, -0.2) is 30.1 Å². The number of aromatic nitrogens is 1. The second kappa shape index (κ2) is 6.57. The molecule has 0 saturated heterocycles. The molecule has 1 unspecified atom stereocenters. The third-order valence-electron chi connectivity index (χ3n) is 5.25. The van der Waals surface area contributed by atoms with Crippen LogP contribution in [-0.2, 0) is 26.5 Å². The normalized spacial score (nSPS) is 16.6. The molecule has 3 nitrogen and oxygen atoms in total. The van der Waals surface area contributed by atoms with Crippen LogP contribution in [0.25, 0.3) is 10.9 Å². The zero-order chi connectivity index (χ0) is 17.4. The minimum absolute atomic E-state index is 0.616. The first-order chi connectivity index (χ1) is 12.1. The van der Waals surface area contributed by atoms with E-state index in [1.165, 1.54) is 40.6 Å². The smallest absolute Gasteiger partial charge is 0.120 e. The third kappa shape index (κ3) is 3.16. The molecule has 4 rings (SSSR count). The van der Waals surface area contributed by atoms with Crippen molar-refractivity contribution in [2.45, 2.75) is 19.4 Å². The molecule has 25 heavy (non-hydrogen) atoms. The Morgan fingerprint density at radius 1 is 1.08 bits per heavy atom. The van der Waals surface area contributed by atoms with Crippen molar-refractivity contribution in [1.29, 1.82) is 0 Å². The van der Waals surface area contributed by atoms with Crippen molar-refractivity contribution in [2.75, 3.05) is 20.6 Å². The highest BCUT2D eigenvalue weighted by molar-refractivity contribution is 5.87. The Bertz CT molecular complexity index is 880. The van der Waals surface area contributed by atoms with Crippen molar-refractivity contribution in [3.63, 3.8) is 0 Å². The lowest BCUT2D eigenvalue weighted by Crippen LogP contribution is -2.22. The minimum Gasteiger partial charge on any atom is -0.489 e. The van der Waals surface area contributed by atoms with Gasteiger partial charge in [0.25, 0.3) is 0 Å². The molecule has 1 aromatic heterocycles. The fourth-order valence-electron chi connectivity index (χ4n) is 4.15. The van der Waals surface area contributed by atoms with Gasteiger partial charge in [0.2, 0.25) is 0 Å². The van der Waals surface area contributed by atoms with Gasteiger partial charge in [-0.3, -0.25) is 0 Å². The largest absolute Gasteiger partial charge is 0.489 e. The molecule has 130 valence electrons. The number of ether oxygens (including phenoxy) is 1. The monoisotopic (exact) mass is 334 g/mol. The van der Waals surface area contributed by atoms with Crippen LogP contribution in [0.15, 0.2) is 48.5 Å². The Balaban J connectivity index is 1.59. The van der Waals surface area contributed by atoms with Gasteiger partial charge in [-0.2, -0.15) is 0 Å². The van der Waals surface area contributed by atoms with Crippen molar-refractivity contribution >= 4 is 10.9 Å². The summed E-state index contributed by atoms with van der Waals surface area (Å²) in [5.74, 6) is 1.69. The van der Waals surface area contributed by atoms with Crippen molar-refractivity contribution in [1.82, 2.24) is 9.47 Å². The number of rotatable bonds is 5. The number of nitrogens with zero attached hydrogens (tertiary/aromatic N) is 2. The van der Waals surface area contributed by atoms with Crippen LogP contribution in [0.2, 0.25) is 0 Å². The summed E-state index contributed by atoms with van der Waals surface area (Å²) in [6.45, 7) is 1.77. The lowest BCUT2D eigenvalue weighted by atomic mass is 10.0. The van der Waals surface area contributed by atoms with E-state index < -0.39 is 0 Å². The van der Waals surface area contributed by atoms with E-state index in [4.69, 9.17) is 4.74 Å². The summed E-state index contributed by atoms with van der Waals surface area (Å²) < 4.78 is 8.42. The van der Waals surface area contributed by atoms with Crippen LogP contribution in [0, 0.1) is 5.92 Å². The van der Waals surface area contributed by atoms with Gasteiger partial charge < -0.3 is 14.2 Å². The Morgan fingerprint density at radius 2 is 1.88 bits per heavy atom. The summed E-state index contributed by atoms with van der Waals surface area (Å²) in [7, 11) is 6.52. The van der Waals surface area contributed by atoms with Gasteiger partial charge in [0, 0.05) is 30.2 Å². The van der Waals surface area contributed by atoms with E-state index >= 15 is 0 Å². The number of aryl methyl sites for hydroxylation is 1. The molecule has 0 fully saturated rings. The predicted molar refractivity (Wildman–Crippen MR) is 103 cm³/mol. The molecule has 1 aliphatic carbocycles. The maximum atomic E-state index is 6.04. The molecule has 0 bridgehead atoms. The van der Waals surface area contributed by atoms with Crippen molar-refractivity contribution < 1.29 is 4.74 Å². The van der Waals surface area contributed by atoms with Crippen molar-refractivity contribution in [3.8, 4) is 5.75 Å². The van der Waals surface area contributed by atoms with E-state index in [0.717, 1.165) is 18.2 Å². The number of hydrogen-bond acceptors (Lipinski definition) is 2. The van der Waals surface area contributed by atoms with Gasteiger partial charge in [-0.1, -0.05) is 30.3 Å². The highest BCUT2D eigenvalue weighted by Crippen LogP contribution is 2.37. The van der Waals surface area contributed by atoms with Gasteiger partial charge in [0.1, 0.15) is 12.4 Å². The molecular formula is C22H26N2O. The molecule has 1 atom stereocenters. The maximum absolute atomic E-state index is 6.04. The average Bonchev–Trinajstić information content (AvgIpc) is 3.12. The lowest BCUT2D eigenvalue weighted by molar-refractivity contribution is 0.306. The quantitative estimate of drug-likeness (QED) is 0.701. The standard InChI is InChI=1S/C22H26N2O/c1-23(2)14-17-11-19-20-13-18(25-15-16-7-5-4-6-8-16)9-10-21(20)24(3)22(19)12-17/h4-10,13,17H,11-12,14-15H2,1-3H3. The second-order valence-electron chi connectivity index (χ2n) is 7.47. The number of hydrogen-bond donors (Lipinski definition) is 0. The minimum atomic E-state index is 0.616. The van der Waals surface area contributed by atoms with E-state index in [1.54, 1.807) is 0 Å². The average molecular weight is 334 g/mol. The molecule has 1 heterocycles. The first-order valence-electron chi connectivity index (χ1n) is 9.03. The van der Waals surface area contributed by atoms with E-state index in [9.17, 15) is 0 Å². The molecular weight excluding hydrogens is 308 g/mol. The molecule has 0 amide bonds. The SMILES string of the molecule is CN(C)CC1Cc2c(n(C)c3ccc(OCc4ccccc4)cc23)C1. The molecule has 0 N–H and O–H groups in total. The fraction of sp³-hybridized carbons (Fsp3) is 0.364. The Kier molecular flexibility index (Phi) is 4.26. The van der Waals surface area contributed by atoms with Crippen molar-refractivity contribution in [2.24, 2.45) is 13.0 Å². The third-order valence-corrected chi connectivity index (χ3v) is 5.25. The first-order valence-corrected chi connectivity index (χ1v) is 9.03. The number of benzene rings is 2. The van der Waals surface area contributed by atoms with Gasteiger partial charge in [0.15, 0.2) is 0 Å². The van der Waals surface area contributed by atoms with Crippen LogP contribution >= 0.6 is 0 Å². The summed E-state index contributed by atoms with van der Waals surface area (Å²) in [4.78, 5) is 2.30. The summed E-state index contributed by atoms with van der Waals surface area (Å²) in [5, 5.41) is 1.37. The zero-order valence-corrected chi connectivity index (χ0v) is 15.3. The highest BCUT2D eigenvalue weighted by Gasteiger charge is 2.27. The van der Waals surface area contributed by atoms with Gasteiger partial charge in [0.05, 0.1) is 0 Å². The van der Waals surface area contributed by atoms with Gasteiger partial charge in [-0.05, 0) is 62.2 Å². The summed E-state index contributed by atoms with van der Waals surface area (Å²) >= 11 is 0. The van der Waals surface area contributed by atoms with Gasteiger partial charge >= 0.3 is 0 Å². The molecule has 0 spiro atoms. The van der Waals surface area contributed by atoms with Crippen LogP contribution in [0.1, 0.15) is 16.8 Å². The molecule has 0 radical (unpaired) electrons. The van der Waals surface area contributed by atoms with E-state index in [2.05, 4.69) is 73.1 Å². The molecule has 0 aliphatic heterocycles. The van der Waals surface area contributed by atoms with Gasteiger partial charge in [-0.25, -0.2) is 0 Å². The fourth-order valence-corrected chi connectivity index (χ4v) is 4.15. The van der Waals surface area contributed by atoms with Crippen LogP contribution in [0.3, 0.4) is 0 Å². The zero-order valence-electron chi connectivity index (χ0n) is 15.3. The lowest BCUT2D eigenvalue weighted by Gasteiger charge is -2.16. The summed E-state index contributed by atoms with van der Waals surface area (Å²) in [6.07, 6.45) is 2.35. The Hall–Kier alpha value is -2.26. The Labute approximate surface area is 149 Å². The van der Waals surface area contributed by atoms with E-state index in [-0.39, 0.29) is 0 Å². The van der Waals surface area contributed by atoms with Crippen LogP contribution in [0.4, 0.5) is 0 Å². The summed E-state index contributed by atoms with van der Waals surface area (Å²) in [6, 6.07) is 16.9. The van der Waals surface area contributed by atoms with Gasteiger partial charge in [-0.15, -0.1) is 0 Å². The molecule has 2 aromatic carbocycles. The van der Waals surface area contributed by atoms with E-state index in [0.29, 0.717) is 6.61 Å². The van der Waals surface area contributed by atoms with Crippen molar-refractivity contribution in [3.05, 3.63) is 65.4 Å². The predicted octanol–water partition coefficient (Wildman–Crippen LogP) is 4.03. The molecule has 1 aliphatic rings. The van der Waals surface area contributed by atoms with Crippen LogP contribution < -0.4 is 4.74 Å². The Morgan fingerprint density at radius 3 is 2.64 bits per heavy atom. The van der Waals surface area contributed by atoms with E-state index in [1.807, 2.05) is 6.07 Å². The topological polar surface area (TPSA) is 17.4 Å². The molecule has 3 heteroatoms. The molecule has 3 aromatic rings.